The van der Waals surface area contributed by atoms with Gasteiger partial charge in [0.2, 0.25) is 0 Å². The average Bonchev–Trinajstić information content (AvgIpc) is 2.85. The molecule has 1 amide bonds. The van der Waals surface area contributed by atoms with E-state index in [-0.39, 0.29) is 16.9 Å². The summed E-state index contributed by atoms with van der Waals surface area (Å²) in [6.45, 7) is 1.58. The molecule has 0 aliphatic heterocycles. The Morgan fingerprint density at radius 1 is 1.28 bits per heavy atom. The largest absolute Gasteiger partial charge is 0.478 e. The number of aryl methyl sites for hydroxylation is 1. The van der Waals surface area contributed by atoms with Crippen LogP contribution in [0.25, 0.3) is 0 Å². The predicted octanol–water partition coefficient (Wildman–Crippen LogP) is 0.290. The monoisotopic (exact) mass is 250 g/mol. The lowest BCUT2D eigenvalue weighted by Crippen LogP contribution is -2.15. The minimum atomic E-state index is -1.15. The van der Waals surface area contributed by atoms with Crippen LogP contribution in [-0.2, 0) is 0 Å². The van der Waals surface area contributed by atoms with Gasteiger partial charge in [0, 0.05) is 18.1 Å². The van der Waals surface area contributed by atoms with E-state index in [1.54, 1.807) is 6.92 Å². The predicted molar refractivity (Wildman–Crippen MR) is 61.9 cm³/mol. The average molecular weight is 250 g/mol. The van der Waals surface area contributed by atoms with E-state index in [1.807, 2.05) is 0 Å². The first kappa shape index (κ1) is 11.7. The molecule has 8 heteroatoms. The maximum Gasteiger partial charge on any atom is 0.339 e. The Hall–Kier alpha value is -2.77. The summed E-state index contributed by atoms with van der Waals surface area (Å²) in [5.74, 6) is -1.75. The van der Waals surface area contributed by atoms with Crippen LogP contribution in [0, 0.1) is 6.92 Å². The molecule has 0 aromatic carbocycles. The molecule has 5 N–H and O–H groups in total. The third-order valence-corrected chi connectivity index (χ3v) is 2.38. The van der Waals surface area contributed by atoms with Gasteiger partial charge in [0.05, 0.1) is 5.69 Å². The highest BCUT2D eigenvalue weighted by atomic mass is 16.4. The Morgan fingerprint density at radius 3 is 2.56 bits per heavy atom. The van der Waals surface area contributed by atoms with Gasteiger partial charge in [0.15, 0.2) is 0 Å². The molecule has 2 heterocycles. The van der Waals surface area contributed by atoms with Crippen LogP contribution in [-0.4, -0.2) is 31.9 Å². The van der Waals surface area contributed by atoms with Gasteiger partial charge in [-0.25, -0.2) is 9.59 Å². The van der Waals surface area contributed by atoms with E-state index in [9.17, 15) is 14.4 Å². The summed E-state index contributed by atoms with van der Waals surface area (Å²) < 4.78 is 0. The summed E-state index contributed by atoms with van der Waals surface area (Å²) in [4.78, 5) is 40.8. The van der Waals surface area contributed by atoms with E-state index < -0.39 is 17.6 Å². The molecule has 8 nitrogen and oxygen atoms in total. The molecule has 2 rings (SSSR count). The molecular formula is C10H10N4O4. The lowest BCUT2D eigenvalue weighted by atomic mass is 10.2. The van der Waals surface area contributed by atoms with E-state index in [0.717, 1.165) is 0 Å². The van der Waals surface area contributed by atoms with Crippen LogP contribution in [0.1, 0.15) is 26.5 Å². The second kappa shape index (κ2) is 4.24. The number of nitrogens with one attached hydrogen (secondary N) is 4. The second-order valence-corrected chi connectivity index (χ2v) is 3.62. The van der Waals surface area contributed by atoms with Gasteiger partial charge < -0.3 is 25.4 Å². The molecule has 0 aliphatic carbocycles. The summed E-state index contributed by atoms with van der Waals surface area (Å²) in [5, 5.41) is 11.4. The van der Waals surface area contributed by atoms with Crippen LogP contribution in [0.5, 0.6) is 0 Å². The van der Waals surface area contributed by atoms with Gasteiger partial charge in [0.1, 0.15) is 11.3 Å². The molecular weight excluding hydrogens is 240 g/mol. The summed E-state index contributed by atoms with van der Waals surface area (Å²) in [6, 6.07) is 0. The number of hydrogen-bond donors (Lipinski definition) is 5. The van der Waals surface area contributed by atoms with Gasteiger partial charge >= 0.3 is 11.7 Å². The molecule has 2 aromatic rings. The number of amides is 1. The van der Waals surface area contributed by atoms with Crippen molar-refractivity contribution in [2.45, 2.75) is 6.92 Å². The van der Waals surface area contributed by atoms with E-state index in [4.69, 9.17) is 5.11 Å². The van der Waals surface area contributed by atoms with E-state index in [1.165, 1.54) is 12.4 Å². The van der Waals surface area contributed by atoms with E-state index in [0.29, 0.717) is 5.69 Å². The number of aromatic carboxylic acids is 1. The maximum absolute atomic E-state index is 11.7. The third-order valence-electron chi connectivity index (χ3n) is 2.38. The van der Waals surface area contributed by atoms with Crippen molar-refractivity contribution in [2.75, 3.05) is 5.32 Å². The maximum atomic E-state index is 11.7. The zero-order valence-electron chi connectivity index (χ0n) is 9.33. The molecule has 0 aliphatic rings. The van der Waals surface area contributed by atoms with Gasteiger partial charge in [-0.2, -0.15) is 0 Å². The second-order valence-electron chi connectivity index (χ2n) is 3.62. The highest BCUT2D eigenvalue weighted by Crippen LogP contribution is 2.19. The molecule has 18 heavy (non-hydrogen) atoms. The van der Waals surface area contributed by atoms with Crippen molar-refractivity contribution in [1.82, 2.24) is 15.0 Å². The first-order valence-corrected chi connectivity index (χ1v) is 4.99. The minimum absolute atomic E-state index is 0.0127. The van der Waals surface area contributed by atoms with Gasteiger partial charge in [0.25, 0.3) is 5.91 Å². The van der Waals surface area contributed by atoms with Crippen molar-refractivity contribution >= 4 is 17.6 Å². The quantitative estimate of drug-likeness (QED) is 0.535. The lowest BCUT2D eigenvalue weighted by Gasteiger charge is -2.02. The van der Waals surface area contributed by atoms with Gasteiger partial charge in [-0.05, 0) is 6.92 Å². The number of carbonyl (C=O) groups excluding carboxylic acids is 1. The van der Waals surface area contributed by atoms with Crippen molar-refractivity contribution in [3.05, 3.63) is 39.8 Å². The number of imidazole rings is 1. The Labute approximate surface area is 100 Å². The highest BCUT2D eigenvalue weighted by molar-refractivity contribution is 6.07. The number of carbonyl (C=O) groups is 2. The molecule has 0 saturated carbocycles. The number of aromatic amines is 3. The zero-order valence-corrected chi connectivity index (χ0v) is 9.33. The van der Waals surface area contributed by atoms with Crippen molar-refractivity contribution in [1.29, 1.82) is 0 Å². The molecule has 0 unspecified atom stereocenters. The number of carboxylic acids is 1. The molecule has 0 atom stereocenters. The summed E-state index contributed by atoms with van der Waals surface area (Å²) in [5.41, 5.74) is 0.0766. The number of aromatic nitrogens is 3. The Bertz CT molecular complexity index is 663. The van der Waals surface area contributed by atoms with Crippen LogP contribution < -0.4 is 11.0 Å². The van der Waals surface area contributed by atoms with E-state index in [2.05, 4.69) is 20.3 Å². The standard InChI is InChI=1S/C10H10N4O4/c1-4-7(9(16)17)5(2-11-4)13-8(15)6-3-12-10(18)14-6/h2-3,11H,1H3,(H,13,15)(H,16,17)(H2,12,14,18). The number of carboxylic acid groups (broad SMARTS) is 1. The first-order chi connectivity index (χ1) is 8.49. The fraction of sp³-hybridized carbons (Fsp3) is 0.100. The number of rotatable bonds is 3. The first-order valence-electron chi connectivity index (χ1n) is 4.99. The summed E-state index contributed by atoms with van der Waals surface area (Å²) in [6.07, 6.45) is 2.58. The lowest BCUT2D eigenvalue weighted by molar-refractivity contribution is 0.0697. The van der Waals surface area contributed by atoms with Crippen LogP contribution in [0.15, 0.2) is 17.2 Å². The van der Waals surface area contributed by atoms with Crippen LogP contribution >= 0.6 is 0 Å². The third kappa shape index (κ3) is 2.03. The topological polar surface area (TPSA) is 131 Å². The number of hydrogen-bond acceptors (Lipinski definition) is 3. The number of anilines is 1. The highest BCUT2D eigenvalue weighted by Gasteiger charge is 2.18. The van der Waals surface area contributed by atoms with Gasteiger partial charge in [-0.15, -0.1) is 0 Å². The van der Waals surface area contributed by atoms with Crippen LogP contribution in [0.4, 0.5) is 5.69 Å². The summed E-state index contributed by atoms with van der Waals surface area (Å²) >= 11 is 0. The van der Waals surface area contributed by atoms with Crippen molar-refractivity contribution in [3.8, 4) is 0 Å². The molecule has 0 radical (unpaired) electrons. The molecule has 0 fully saturated rings. The molecule has 0 saturated heterocycles. The van der Waals surface area contributed by atoms with Crippen molar-refractivity contribution in [3.63, 3.8) is 0 Å². The molecule has 0 bridgehead atoms. The normalized spacial score (nSPS) is 10.3. The molecule has 0 spiro atoms. The Morgan fingerprint density at radius 2 is 2.00 bits per heavy atom. The Kier molecular flexibility index (Phi) is 2.76. The smallest absolute Gasteiger partial charge is 0.339 e. The van der Waals surface area contributed by atoms with Crippen LogP contribution in [0.2, 0.25) is 0 Å². The minimum Gasteiger partial charge on any atom is -0.478 e. The zero-order chi connectivity index (χ0) is 13.3. The van der Waals surface area contributed by atoms with Crippen molar-refractivity contribution < 1.29 is 14.7 Å². The van der Waals surface area contributed by atoms with Crippen molar-refractivity contribution in [2.24, 2.45) is 0 Å². The summed E-state index contributed by atoms with van der Waals surface area (Å²) in [7, 11) is 0. The van der Waals surface area contributed by atoms with Crippen LogP contribution in [0.3, 0.4) is 0 Å². The molecule has 94 valence electrons. The SMILES string of the molecule is Cc1[nH]cc(NC(=O)c2c[nH]c(=O)[nH]2)c1C(=O)O. The number of H-pyrrole nitrogens is 3. The fourth-order valence-electron chi connectivity index (χ4n) is 1.55. The van der Waals surface area contributed by atoms with Gasteiger partial charge in [-0.3, -0.25) is 4.79 Å². The van der Waals surface area contributed by atoms with E-state index >= 15 is 0 Å². The van der Waals surface area contributed by atoms with Gasteiger partial charge in [-0.1, -0.05) is 0 Å². The Balaban J connectivity index is 2.27. The molecule has 2 aromatic heterocycles. The fourth-order valence-corrected chi connectivity index (χ4v) is 1.55.